The molecule has 0 aromatic rings. The first-order chi connectivity index (χ1) is 7.87. The number of esters is 2. The molecule has 0 amide bonds. The van der Waals surface area contributed by atoms with E-state index in [1.54, 1.807) is 0 Å². The number of carbonyl (C=O) groups excluding carboxylic acids is 2. The summed E-state index contributed by atoms with van der Waals surface area (Å²) in [7, 11) is 2.75. The van der Waals surface area contributed by atoms with Gasteiger partial charge in [0.1, 0.15) is 0 Å². The molecule has 0 N–H and O–H groups in total. The van der Waals surface area contributed by atoms with E-state index in [9.17, 15) is 9.59 Å². The summed E-state index contributed by atoms with van der Waals surface area (Å²) in [6, 6.07) is 0. The predicted molar refractivity (Wildman–Crippen MR) is 61.1 cm³/mol. The normalized spacial score (nSPS) is 43.5. The summed E-state index contributed by atoms with van der Waals surface area (Å²) >= 11 is 0. The van der Waals surface area contributed by atoms with Crippen LogP contribution in [0.1, 0.15) is 33.1 Å². The maximum absolute atomic E-state index is 11.8. The van der Waals surface area contributed by atoms with Crippen molar-refractivity contribution in [2.24, 2.45) is 22.7 Å². The van der Waals surface area contributed by atoms with Crippen molar-refractivity contribution >= 4 is 11.9 Å². The molecule has 0 spiro atoms. The van der Waals surface area contributed by atoms with Crippen LogP contribution in [0, 0.1) is 22.7 Å². The molecule has 0 aliphatic heterocycles. The van der Waals surface area contributed by atoms with Gasteiger partial charge in [0.05, 0.1) is 26.1 Å². The number of carbonyl (C=O) groups is 2. The van der Waals surface area contributed by atoms with Crippen LogP contribution in [-0.2, 0) is 19.1 Å². The number of methoxy groups -OCH3 is 2. The average molecular weight is 240 g/mol. The summed E-state index contributed by atoms with van der Waals surface area (Å²) in [5, 5.41) is 0. The fraction of sp³-hybridized carbons (Fsp3) is 0.846. The van der Waals surface area contributed by atoms with Crippen LogP contribution in [0.4, 0.5) is 0 Å². The molecule has 2 rings (SSSR count). The third-order valence-electron chi connectivity index (χ3n) is 4.95. The lowest BCUT2D eigenvalue weighted by Crippen LogP contribution is -2.39. The van der Waals surface area contributed by atoms with Gasteiger partial charge in [-0.15, -0.1) is 0 Å². The second-order valence-electron chi connectivity index (χ2n) is 5.97. The molecule has 2 fully saturated rings. The van der Waals surface area contributed by atoms with Gasteiger partial charge in [-0.05, 0) is 30.1 Å². The maximum atomic E-state index is 11.8. The van der Waals surface area contributed by atoms with Gasteiger partial charge in [-0.2, -0.15) is 0 Å². The Balaban J connectivity index is 2.22. The lowest BCUT2D eigenvalue weighted by molar-refractivity contribution is -0.161. The molecule has 2 aliphatic carbocycles. The first-order valence-electron chi connectivity index (χ1n) is 6.02. The minimum Gasteiger partial charge on any atom is -0.469 e. The van der Waals surface area contributed by atoms with Crippen LogP contribution < -0.4 is 0 Å². The Morgan fingerprint density at radius 2 is 1.29 bits per heavy atom. The van der Waals surface area contributed by atoms with Crippen molar-refractivity contribution < 1.29 is 19.1 Å². The molecule has 0 saturated heterocycles. The summed E-state index contributed by atoms with van der Waals surface area (Å²) < 4.78 is 9.63. The number of fused-ring (bicyclic) bond motifs is 1. The van der Waals surface area contributed by atoms with E-state index in [0.29, 0.717) is 0 Å². The van der Waals surface area contributed by atoms with E-state index in [4.69, 9.17) is 9.47 Å². The van der Waals surface area contributed by atoms with Crippen LogP contribution in [-0.4, -0.2) is 26.2 Å². The summed E-state index contributed by atoms with van der Waals surface area (Å²) in [4.78, 5) is 23.6. The van der Waals surface area contributed by atoms with E-state index in [-0.39, 0.29) is 34.6 Å². The van der Waals surface area contributed by atoms with Crippen molar-refractivity contribution in [3.8, 4) is 0 Å². The minimum atomic E-state index is -0.340. The topological polar surface area (TPSA) is 52.6 Å². The van der Waals surface area contributed by atoms with Crippen molar-refractivity contribution in [3.05, 3.63) is 0 Å². The quantitative estimate of drug-likeness (QED) is 0.690. The molecular formula is C13H20O4. The smallest absolute Gasteiger partial charge is 0.309 e. The first kappa shape index (κ1) is 12.4. The van der Waals surface area contributed by atoms with Crippen molar-refractivity contribution in [3.63, 3.8) is 0 Å². The zero-order valence-electron chi connectivity index (χ0n) is 10.9. The van der Waals surface area contributed by atoms with Crippen LogP contribution >= 0.6 is 0 Å². The fourth-order valence-corrected chi connectivity index (χ4v) is 3.51. The van der Waals surface area contributed by atoms with Gasteiger partial charge in [0, 0.05) is 0 Å². The van der Waals surface area contributed by atoms with E-state index in [0.717, 1.165) is 19.3 Å². The van der Waals surface area contributed by atoms with E-state index < -0.39 is 0 Å². The molecule has 0 aromatic heterocycles. The second kappa shape index (κ2) is 3.72. The van der Waals surface area contributed by atoms with Gasteiger partial charge in [-0.1, -0.05) is 13.8 Å². The van der Waals surface area contributed by atoms with Crippen LogP contribution in [0.15, 0.2) is 0 Å². The van der Waals surface area contributed by atoms with Gasteiger partial charge in [0.2, 0.25) is 0 Å². The third-order valence-corrected chi connectivity index (χ3v) is 4.95. The number of ether oxygens (including phenoxy) is 2. The lowest BCUT2D eigenvalue weighted by Gasteiger charge is -2.35. The van der Waals surface area contributed by atoms with E-state index in [1.165, 1.54) is 14.2 Å². The van der Waals surface area contributed by atoms with Crippen molar-refractivity contribution in [1.29, 1.82) is 0 Å². The molecule has 2 aliphatic rings. The van der Waals surface area contributed by atoms with E-state index in [1.807, 2.05) is 0 Å². The van der Waals surface area contributed by atoms with Gasteiger partial charge >= 0.3 is 11.9 Å². The number of hydrogen-bond acceptors (Lipinski definition) is 4. The highest BCUT2D eigenvalue weighted by molar-refractivity contribution is 5.82. The Kier molecular flexibility index (Phi) is 2.71. The molecule has 0 unspecified atom stereocenters. The summed E-state index contributed by atoms with van der Waals surface area (Å²) in [5.41, 5.74) is 0.382. The molecule has 96 valence electrons. The molecule has 17 heavy (non-hydrogen) atoms. The summed E-state index contributed by atoms with van der Waals surface area (Å²) in [6.07, 6.45) is 2.55. The number of hydrogen-bond donors (Lipinski definition) is 0. The summed E-state index contributed by atoms with van der Waals surface area (Å²) in [6.45, 7) is 4.38. The van der Waals surface area contributed by atoms with Crippen molar-refractivity contribution in [2.75, 3.05) is 14.2 Å². The Bertz CT molecular complexity index is 330. The van der Waals surface area contributed by atoms with Crippen molar-refractivity contribution in [2.45, 2.75) is 33.1 Å². The SMILES string of the molecule is COC(=O)[C@@H]1C[C@@]2(C)C[C@@]2(C)C[C@H]1C(=O)OC. The fourth-order valence-electron chi connectivity index (χ4n) is 3.51. The zero-order chi connectivity index (χ0) is 12.8. The van der Waals surface area contributed by atoms with E-state index >= 15 is 0 Å². The van der Waals surface area contributed by atoms with E-state index in [2.05, 4.69) is 13.8 Å². The van der Waals surface area contributed by atoms with Crippen LogP contribution in [0.25, 0.3) is 0 Å². The van der Waals surface area contributed by atoms with Crippen LogP contribution in [0.5, 0.6) is 0 Å². The Hall–Kier alpha value is -1.06. The Morgan fingerprint density at radius 3 is 1.59 bits per heavy atom. The molecule has 0 heterocycles. The standard InChI is InChI=1S/C13H20O4/c1-12-5-8(10(14)16-3)9(11(15)17-4)6-13(12,2)7-12/h8-9H,5-7H2,1-4H3/t8-,9-,12-,13+/m1/s1. The molecule has 4 heteroatoms. The van der Waals surface area contributed by atoms with Crippen LogP contribution in [0.3, 0.4) is 0 Å². The molecule has 0 bridgehead atoms. The lowest BCUT2D eigenvalue weighted by atomic mass is 9.69. The van der Waals surface area contributed by atoms with Gasteiger partial charge in [0.15, 0.2) is 0 Å². The van der Waals surface area contributed by atoms with Crippen LogP contribution in [0.2, 0.25) is 0 Å². The largest absolute Gasteiger partial charge is 0.469 e. The molecule has 4 atom stereocenters. The summed E-state index contributed by atoms with van der Waals surface area (Å²) in [5.74, 6) is -1.24. The first-order valence-corrected chi connectivity index (χ1v) is 6.02. The highest BCUT2D eigenvalue weighted by Gasteiger charge is 2.67. The van der Waals surface area contributed by atoms with Crippen molar-refractivity contribution in [1.82, 2.24) is 0 Å². The monoisotopic (exact) mass is 240 g/mol. The number of rotatable bonds is 2. The Labute approximate surface area is 102 Å². The minimum absolute atomic E-state index is 0.191. The van der Waals surface area contributed by atoms with Gasteiger partial charge in [-0.3, -0.25) is 9.59 Å². The van der Waals surface area contributed by atoms with Gasteiger partial charge in [0.25, 0.3) is 0 Å². The molecule has 0 aromatic carbocycles. The predicted octanol–water partition coefficient (Wildman–Crippen LogP) is 1.77. The molecular weight excluding hydrogens is 220 g/mol. The average Bonchev–Trinajstić information content (AvgIpc) is 2.87. The molecule has 2 saturated carbocycles. The maximum Gasteiger partial charge on any atom is 0.309 e. The third kappa shape index (κ3) is 1.74. The second-order valence-corrected chi connectivity index (χ2v) is 5.97. The molecule has 4 nitrogen and oxygen atoms in total. The van der Waals surface area contributed by atoms with Gasteiger partial charge < -0.3 is 9.47 Å². The molecule has 0 radical (unpaired) electrons. The zero-order valence-corrected chi connectivity index (χ0v) is 10.9. The van der Waals surface area contributed by atoms with Gasteiger partial charge in [-0.25, -0.2) is 0 Å². The highest BCUT2D eigenvalue weighted by atomic mass is 16.5. The highest BCUT2D eigenvalue weighted by Crippen LogP contribution is 2.72. The Morgan fingerprint density at radius 1 is 0.941 bits per heavy atom.